The molecule has 2 N–H and O–H groups in total. The second-order valence-electron chi connectivity index (χ2n) is 4.34. The first kappa shape index (κ1) is 13.2. The zero-order valence-corrected chi connectivity index (χ0v) is 11.0. The normalized spacial score (nSPS) is 23.2. The molecule has 0 spiro atoms. The molecule has 0 saturated carbocycles. The lowest BCUT2D eigenvalue weighted by Gasteiger charge is -2.21. The zero-order chi connectivity index (χ0) is 13.2. The van der Waals surface area contributed by atoms with Crippen LogP contribution >= 0.6 is 0 Å². The van der Waals surface area contributed by atoms with Gasteiger partial charge in [0.25, 0.3) is 0 Å². The molecule has 1 aromatic rings. The lowest BCUT2D eigenvalue weighted by Crippen LogP contribution is -2.25. The van der Waals surface area contributed by atoms with Gasteiger partial charge in [0.2, 0.25) is 10.0 Å². The number of aliphatic imine (C=N–C) groups is 1. The van der Waals surface area contributed by atoms with Gasteiger partial charge in [-0.1, -0.05) is 19.1 Å². The Bertz CT molecular complexity index is 566. The van der Waals surface area contributed by atoms with Crippen molar-refractivity contribution in [2.45, 2.75) is 18.2 Å². The van der Waals surface area contributed by atoms with Gasteiger partial charge in [0.15, 0.2) is 0 Å². The first-order chi connectivity index (χ1) is 8.48. The maximum absolute atomic E-state index is 11.5. The summed E-state index contributed by atoms with van der Waals surface area (Å²) in [6.45, 7) is 3.26. The molecule has 6 heteroatoms. The minimum atomic E-state index is -3.74. The second kappa shape index (κ2) is 5.17. The fourth-order valence-corrected chi connectivity index (χ4v) is 2.56. The van der Waals surface area contributed by atoms with Crippen LogP contribution in [0.5, 0.6) is 0 Å². The molecule has 98 valence electrons. The molecule has 1 heterocycles. The Labute approximate surface area is 107 Å². The van der Waals surface area contributed by atoms with Crippen molar-refractivity contribution in [3.8, 4) is 0 Å². The second-order valence-corrected chi connectivity index (χ2v) is 5.87. The quantitative estimate of drug-likeness (QED) is 0.881. The first-order valence-electron chi connectivity index (χ1n) is 5.75. The van der Waals surface area contributed by atoms with Gasteiger partial charge in [-0.05, 0) is 12.1 Å². The molecule has 1 saturated heterocycles. The van der Waals surface area contributed by atoms with Crippen molar-refractivity contribution in [2.24, 2.45) is 16.0 Å². The van der Waals surface area contributed by atoms with Crippen LogP contribution in [0.3, 0.4) is 0 Å². The highest BCUT2D eigenvalue weighted by Crippen LogP contribution is 2.25. The van der Waals surface area contributed by atoms with Crippen LogP contribution < -0.4 is 5.14 Å². The lowest BCUT2D eigenvalue weighted by molar-refractivity contribution is 0.110. The monoisotopic (exact) mass is 268 g/mol. The summed E-state index contributed by atoms with van der Waals surface area (Å²) in [5.74, 6) is 0.201. The van der Waals surface area contributed by atoms with Crippen LogP contribution in [0.2, 0.25) is 0 Å². The van der Waals surface area contributed by atoms with Crippen molar-refractivity contribution in [1.82, 2.24) is 0 Å². The first-order valence-corrected chi connectivity index (χ1v) is 7.30. The van der Waals surface area contributed by atoms with Gasteiger partial charge < -0.3 is 4.74 Å². The third-order valence-electron chi connectivity index (χ3n) is 2.88. The van der Waals surface area contributed by atoms with Gasteiger partial charge in [0, 0.05) is 18.1 Å². The maximum Gasteiger partial charge on any atom is 0.240 e. The van der Waals surface area contributed by atoms with Crippen LogP contribution in [-0.4, -0.2) is 27.3 Å². The summed E-state index contributed by atoms with van der Waals surface area (Å²) < 4.78 is 28.2. The molecule has 2 rings (SSSR count). The van der Waals surface area contributed by atoms with Crippen molar-refractivity contribution in [3.63, 3.8) is 0 Å². The van der Waals surface area contributed by atoms with Gasteiger partial charge in [0.05, 0.1) is 18.9 Å². The van der Waals surface area contributed by atoms with Crippen molar-refractivity contribution in [2.75, 3.05) is 13.2 Å². The maximum atomic E-state index is 11.5. The number of ether oxygens (including phenoxy) is 1. The topological polar surface area (TPSA) is 81.8 Å². The Morgan fingerprint density at radius 1 is 1.39 bits per heavy atom. The van der Waals surface area contributed by atoms with Gasteiger partial charge in [-0.3, -0.25) is 4.99 Å². The van der Waals surface area contributed by atoms with Crippen LogP contribution in [0.4, 0.5) is 5.69 Å². The third kappa shape index (κ3) is 2.95. The van der Waals surface area contributed by atoms with Gasteiger partial charge in [0.1, 0.15) is 4.90 Å². The van der Waals surface area contributed by atoms with E-state index in [9.17, 15) is 8.42 Å². The van der Waals surface area contributed by atoms with Gasteiger partial charge >= 0.3 is 0 Å². The standard InChI is InChI=1S/C12H16N2O3S/c1-9-8-17-7-6-10(9)14-11-4-2-3-5-12(11)18(13,15)16/h2-5,9H,6-8H2,1H3,(H2,13,15,16). The molecular weight excluding hydrogens is 252 g/mol. The van der Waals surface area contributed by atoms with Gasteiger partial charge in [-0.15, -0.1) is 0 Å². The molecule has 0 aliphatic carbocycles. The summed E-state index contributed by atoms with van der Waals surface area (Å²) in [4.78, 5) is 4.51. The Kier molecular flexibility index (Phi) is 3.79. The summed E-state index contributed by atoms with van der Waals surface area (Å²) in [7, 11) is -3.74. The van der Waals surface area contributed by atoms with E-state index in [1.807, 2.05) is 6.92 Å². The molecule has 1 aliphatic heterocycles. The van der Waals surface area contributed by atoms with Gasteiger partial charge in [-0.25, -0.2) is 13.6 Å². The van der Waals surface area contributed by atoms with E-state index >= 15 is 0 Å². The summed E-state index contributed by atoms with van der Waals surface area (Å²) in [6.07, 6.45) is 0.722. The highest BCUT2D eigenvalue weighted by Gasteiger charge is 2.18. The third-order valence-corrected chi connectivity index (χ3v) is 3.83. The van der Waals surface area contributed by atoms with Crippen LogP contribution in [0, 0.1) is 5.92 Å². The van der Waals surface area contributed by atoms with E-state index < -0.39 is 10.0 Å². The van der Waals surface area contributed by atoms with Crippen molar-refractivity contribution in [1.29, 1.82) is 0 Å². The number of hydrogen-bond acceptors (Lipinski definition) is 4. The molecule has 0 amide bonds. The molecule has 1 aliphatic rings. The molecule has 1 fully saturated rings. The van der Waals surface area contributed by atoms with E-state index in [1.165, 1.54) is 6.07 Å². The summed E-state index contributed by atoms with van der Waals surface area (Å²) in [5.41, 5.74) is 1.36. The number of primary sulfonamides is 1. The Balaban J connectivity index is 2.43. The number of rotatable bonds is 2. The fraction of sp³-hybridized carbons (Fsp3) is 0.417. The Hall–Kier alpha value is -1.24. The lowest BCUT2D eigenvalue weighted by atomic mass is 10.0. The number of nitrogens with zero attached hydrogens (tertiary/aromatic N) is 1. The SMILES string of the molecule is CC1COCCC1=Nc1ccccc1S(N)(=O)=O. The highest BCUT2D eigenvalue weighted by atomic mass is 32.2. The smallest absolute Gasteiger partial charge is 0.240 e. The molecule has 1 aromatic carbocycles. The van der Waals surface area contributed by atoms with Crippen LogP contribution in [0.15, 0.2) is 34.2 Å². The van der Waals surface area contributed by atoms with E-state index in [4.69, 9.17) is 9.88 Å². The highest BCUT2D eigenvalue weighted by molar-refractivity contribution is 7.89. The van der Waals surface area contributed by atoms with Crippen molar-refractivity contribution < 1.29 is 13.2 Å². The van der Waals surface area contributed by atoms with E-state index in [1.54, 1.807) is 18.2 Å². The van der Waals surface area contributed by atoms with Crippen LogP contribution in [0.25, 0.3) is 0 Å². The summed E-state index contributed by atoms with van der Waals surface area (Å²) in [5, 5.41) is 5.18. The number of nitrogens with two attached hydrogens (primary N) is 1. The number of sulfonamides is 1. The average Bonchev–Trinajstić information content (AvgIpc) is 2.31. The van der Waals surface area contributed by atoms with Crippen molar-refractivity contribution >= 4 is 21.4 Å². The number of hydrogen-bond donors (Lipinski definition) is 1. The van der Waals surface area contributed by atoms with Gasteiger partial charge in [-0.2, -0.15) is 0 Å². The van der Waals surface area contributed by atoms with Crippen molar-refractivity contribution in [3.05, 3.63) is 24.3 Å². The molecule has 1 atom stereocenters. The molecular formula is C12H16N2O3S. The fourth-order valence-electron chi connectivity index (χ4n) is 1.89. The Morgan fingerprint density at radius 3 is 2.78 bits per heavy atom. The predicted molar refractivity (Wildman–Crippen MR) is 69.5 cm³/mol. The van der Waals surface area contributed by atoms with Crippen LogP contribution in [0.1, 0.15) is 13.3 Å². The molecule has 0 aromatic heterocycles. The minimum absolute atomic E-state index is 0.0659. The number of benzene rings is 1. The molecule has 0 bridgehead atoms. The van der Waals surface area contributed by atoms with Crippen LogP contribution in [-0.2, 0) is 14.8 Å². The summed E-state index contributed by atoms with van der Waals surface area (Å²) in [6, 6.07) is 6.52. The molecule has 0 radical (unpaired) electrons. The van der Waals surface area contributed by atoms with E-state index in [-0.39, 0.29) is 10.8 Å². The van der Waals surface area contributed by atoms with E-state index in [0.717, 1.165) is 12.1 Å². The number of para-hydroxylation sites is 1. The predicted octanol–water partition coefficient (Wildman–Crippen LogP) is 1.46. The molecule has 1 unspecified atom stereocenters. The molecule has 5 nitrogen and oxygen atoms in total. The molecule has 18 heavy (non-hydrogen) atoms. The van der Waals surface area contributed by atoms with E-state index in [0.29, 0.717) is 18.9 Å². The largest absolute Gasteiger partial charge is 0.380 e. The summed E-state index contributed by atoms with van der Waals surface area (Å²) >= 11 is 0. The average molecular weight is 268 g/mol. The Morgan fingerprint density at radius 2 is 2.11 bits per heavy atom. The van der Waals surface area contributed by atoms with E-state index in [2.05, 4.69) is 4.99 Å². The zero-order valence-electron chi connectivity index (χ0n) is 10.2. The minimum Gasteiger partial charge on any atom is -0.380 e.